The molecular weight excluding hydrogens is 905 g/mol. The van der Waals surface area contributed by atoms with E-state index in [1.54, 1.807) is 109 Å². The Bertz CT molecular complexity index is 2710. The van der Waals surface area contributed by atoms with Gasteiger partial charge in [0.2, 0.25) is 0 Å². The summed E-state index contributed by atoms with van der Waals surface area (Å²) in [6, 6.07) is 47.1. The van der Waals surface area contributed by atoms with Gasteiger partial charge in [0, 0.05) is 0 Å². The Morgan fingerprint density at radius 2 is 0.686 bits per heavy atom. The third kappa shape index (κ3) is 11.8. The summed E-state index contributed by atoms with van der Waals surface area (Å²) in [4.78, 5) is 83.5. The molecule has 6 aromatic carbocycles. The van der Waals surface area contributed by atoms with E-state index in [-0.39, 0.29) is 33.4 Å². The minimum absolute atomic E-state index is 0.0474. The number of benzene rings is 6. The van der Waals surface area contributed by atoms with Crippen LogP contribution in [0, 0.1) is 0 Å². The Hall–Kier alpha value is -8.02. The highest BCUT2D eigenvalue weighted by Crippen LogP contribution is 2.36. The van der Waals surface area contributed by atoms with Crippen molar-refractivity contribution in [2.24, 2.45) is 0 Å². The van der Waals surface area contributed by atoms with Crippen LogP contribution in [0.2, 0.25) is 0 Å². The van der Waals surface area contributed by atoms with E-state index in [1.807, 2.05) is 0 Å². The van der Waals surface area contributed by atoms with Gasteiger partial charge in [-0.2, -0.15) is 0 Å². The van der Waals surface area contributed by atoms with Gasteiger partial charge in [-0.05, 0) is 79.7 Å². The SMILES string of the molecule is C[C@@H]1O[C@@H](O)[C@H](OC(=O)c2ccccc2)[C@H](OC(=O)c2ccccc2)[C@H]1O[C@@H]1O[C@H](COC(=O)c2ccccc2)[C@@H](OC(=O)c2ccccc2)[C@H](OC(=O)c2ccccc2)[C@H]1OC(=O)c1ccccc1. The number of carbonyl (C=O) groups is 6. The van der Waals surface area contributed by atoms with Gasteiger partial charge in [-0.3, -0.25) is 0 Å². The first-order valence-electron chi connectivity index (χ1n) is 22.2. The highest BCUT2D eigenvalue weighted by molar-refractivity contribution is 5.92. The van der Waals surface area contributed by atoms with Gasteiger partial charge in [0.15, 0.2) is 43.1 Å². The summed E-state index contributed by atoms with van der Waals surface area (Å²) >= 11 is 0. The van der Waals surface area contributed by atoms with Crippen molar-refractivity contribution in [2.75, 3.05) is 6.61 Å². The molecule has 2 aliphatic rings. The quantitative estimate of drug-likeness (QED) is 0.0828. The Balaban J connectivity index is 1.23. The van der Waals surface area contributed by atoms with Crippen molar-refractivity contribution < 1.29 is 76.5 Å². The minimum atomic E-state index is -1.90. The lowest BCUT2D eigenvalue weighted by Gasteiger charge is -2.48. The number of carbonyl (C=O) groups excluding carboxylic acids is 6. The first-order chi connectivity index (χ1) is 34.0. The first kappa shape index (κ1) is 48.4. The van der Waals surface area contributed by atoms with Gasteiger partial charge in [-0.1, -0.05) is 109 Å². The highest BCUT2D eigenvalue weighted by atomic mass is 16.8. The Morgan fingerprint density at radius 3 is 1.06 bits per heavy atom. The lowest BCUT2D eigenvalue weighted by Crippen LogP contribution is -2.66. The van der Waals surface area contributed by atoms with Crippen LogP contribution >= 0.6 is 0 Å². The summed E-state index contributed by atoms with van der Waals surface area (Å²) in [7, 11) is 0. The maximum Gasteiger partial charge on any atom is 0.338 e. The van der Waals surface area contributed by atoms with Crippen molar-refractivity contribution in [2.45, 2.75) is 68.3 Å². The van der Waals surface area contributed by atoms with Crippen molar-refractivity contribution >= 4 is 35.8 Å². The highest BCUT2D eigenvalue weighted by Gasteiger charge is 2.57. The molecule has 10 atom stereocenters. The van der Waals surface area contributed by atoms with Crippen molar-refractivity contribution in [3.8, 4) is 0 Å². The predicted octanol–water partition coefficient (Wildman–Crippen LogP) is 6.82. The van der Waals surface area contributed by atoms with Crippen LogP contribution in [-0.2, 0) is 42.6 Å². The zero-order valence-corrected chi connectivity index (χ0v) is 37.4. The van der Waals surface area contributed by atoms with E-state index in [1.165, 1.54) is 79.7 Å². The Kier molecular flexibility index (Phi) is 15.8. The normalized spacial score (nSPS) is 23.9. The van der Waals surface area contributed by atoms with Crippen LogP contribution in [-0.4, -0.2) is 109 Å². The lowest BCUT2D eigenvalue weighted by molar-refractivity contribution is -0.348. The molecule has 0 saturated carbocycles. The van der Waals surface area contributed by atoms with Crippen molar-refractivity contribution in [1.29, 1.82) is 0 Å². The van der Waals surface area contributed by atoms with Gasteiger partial charge in [0.05, 0.1) is 39.5 Å². The Labute approximate surface area is 401 Å². The second-order valence-electron chi connectivity index (χ2n) is 16.0. The third-order valence-corrected chi connectivity index (χ3v) is 11.3. The van der Waals surface area contributed by atoms with Crippen LogP contribution in [0.4, 0.5) is 0 Å². The van der Waals surface area contributed by atoms with Crippen molar-refractivity contribution in [3.63, 3.8) is 0 Å². The summed E-state index contributed by atoms with van der Waals surface area (Å²) in [5, 5.41) is 11.4. The fraction of sp³-hybridized carbons (Fsp3) is 0.222. The van der Waals surface area contributed by atoms with Gasteiger partial charge in [0.1, 0.15) is 18.8 Å². The topological polar surface area (TPSA) is 206 Å². The molecule has 0 bridgehead atoms. The summed E-state index contributed by atoms with van der Waals surface area (Å²) in [5.74, 6) is -5.46. The minimum Gasteiger partial charge on any atom is -0.459 e. The molecule has 0 aromatic heterocycles. The van der Waals surface area contributed by atoms with E-state index in [0.29, 0.717) is 0 Å². The molecule has 0 radical (unpaired) electrons. The largest absolute Gasteiger partial charge is 0.459 e. The molecule has 16 heteroatoms. The molecule has 2 aliphatic heterocycles. The number of aliphatic hydroxyl groups excluding tert-OH is 1. The zero-order valence-electron chi connectivity index (χ0n) is 37.4. The summed E-state index contributed by atoms with van der Waals surface area (Å²) in [6.45, 7) is 0.801. The average molecular weight is 951 g/mol. The smallest absolute Gasteiger partial charge is 0.338 e. The van der Waals surface area contributed by atoms with Crippen LogP contribution in [0.5, 0.6) is 0 Å². The molecule has 6 aromatic rings. The van der Waals surface area contributed by atoms with Gasteiger partial charge in [0.25, 0.3) is 0 Å². The van der Waals surface area contributed by atoms with Crippen molar-refractivity contribution in [1.82, 2.24) is 0 Å². The van der Waals surface area contributed by atoms with E-state index >= 15 is 0 Å². The number of aliphatic hydroxyl groups is 1. The molecule has 0 amide bonds. The molecular formula is C54H46O16. The molecule has 2 fully saturated rings. The number of hydrogen-bond acceptors (Lipinski definition) is 16. The maximum atomic E-state index is 14.2. The molecule has 0 spiro atoms. The molecule has 0 aliphatic carbocycles. The zero-order chi connectivity index (χ0) is 49.0. The molecule has 2 heterocycles. The number of hydrogen-bond donors (Lipinski definition) is 1. The second kappa shape index (κ2) is 22.9. The standard InChI is InChI=1S/C54H46O16/c1-33-41(43(66-49(57)36-24-12-4-13-25-36)45(53(61)63-33)68-51(59)38-28-16-6-17-29-38)70-54-46(69-52(60)39-30-18-7-19-31-39)44(67-50(58)37-26-14-5-15-27-37)42(65-48(56)35-22-10-3-11-23-35)40(64-54)32-62-47(55)34-20-8-2-9-21-34/h2-31,33,40-46,53-54,61H,32H2,1H3/t33-,40+,41-,42+,43+,44-,45+,46+,53+,54-/m0/s1. The van der Waals surface area contributed by atoms with Gasteiger partial charge >= 0.3 is 35.8 Å². The monoisotopic (exact) mass is 950 g/mol. The van der Waals surface area contributed by atoms with E-state index in [9.17, 15) is 33.9 Å². The number of rotatable bonds is 15. The first-order valence-corrected chi connectivity index (χ1v) is 22.2. The van der Waals surface area contributed by atoms with Crippen LogP contribution in [0.15, 0.2) is 182 Å². The lowest BCUT2D eigenvalue weighted by atomic mass is 9.96. The van der Waals surface area contributed by atoms with Gasteiger partial charge in [-0.15, -0.1) is 0 Å². The maximum absolute atomic E-state index is 14.2. The van der Waals surface area contributed by atoms with Crippen molar-refractivity contribution in [3.05, 3.63) is 215 Å². The predicted molar refractivity (Wildman–Crippen MR) is 245 cm³/mol. The van der Waals surface area contributed by atoms with E-state index in [4.69, 9.17) is 42.6 Å². The molecule has 2 saturated heterocycles. The van der Waals surface area contributed by atoms with E-state index in [0.717, 1.165) is 0 Å². The summed E-state index contributed by atoms with van der Waals surface area (Å²) in [5.41, 5.74) is 0.525. The fourth-order valence-corrected chi connectivity index (χ4v) is 7.76. The Morgan fingerprint density at radius 1 is 0.386 bits per heavy atom. The fourth-order valence-electron chi connectivity index (χ4n) is 7.76. The van der Waals surface area contributed by atoms with E-state index in [2.05, 4.69) is 0 Å². The van der Waals surface area contributed by atoms with Crippen LogP contribution in [0.25, 0.3) is 0 Å². The van der Waals surface area contributed by atoms with Crippen LogP contribution in [0.3, 0.4) is 0 Å². The molecule has 70 heavy (non-hydrogen) atoms. The summed E-state index contributed by atoms with van der Waals surface area (Å²) < 4.78 is 55.4. The van der Waals surface area contributed by atoms with Gasteiger partial charge in [-0.25, -0.2) is 28.8 Å². The molecule has 8 rings (SSSR count). The van der Waals surface area contributed by atoms with Gasteiger partial charge < -0.3 is 47.7 Å². The number of esters is 6. The van der Waals surface area contributed by atoms with Crippen LogP contribution in [0.1, 0.15) is 69.1 Å². The molecule has 358 valence electrons. The third-order valence-electron chi connectivity index (χ3n) is 11.3. The molecule has 0 unspecified atom stereocenters. The summed E-state index contributed by atoms with van der Waals surface area (Å²) in [6.07, 6.45) is -17.0. The van der Waals surface area contributed by atoms with E-state index < -0.39 is 104 Å². The average Bonchev–Trinajstić information content (AvgIpc) is 3.40. The number of ether oxygens (including phenoxy) is 9. The second-order valence-corrected chi connectivity index (χ2v) is 16.0. The van der Waals surface area contributed by atoms with Crippen LogP contribution < -0.4 is 0 Å². The molecule has 16 nitrogen and oxygen atoms in total. The molecule has 1 N–H and O–H groups in total.